The molecule has 0 aliphatic carbocycles. The SMILES string of the molecule is Brc1c(N2c3ccccc3C(c3ccccc3)(c3ccccc3)c3ccccc32)nc2c(N3c4ccccc4C(c4ccccc4)(c4ccccc4)c4ccccc43)c(Br)c(N3c4ccccc4C(c4ccccc4)(c4ccccc4)c4ccccc43)nc2c1N1c2ccccc2C(c2ccccc2)(c2ccccc2)c2ccccc21. The Morgan fingerprint density at radius 1 is 0.164 bits per heavy atom. The number of halogens is 2. The van der Waals surface area contributed by atoms with Crippen LogP contribution in [0, 0.1) is 0 Å². The van der Waals surface area contributed by atoms with Crippen LogP contribution in [0.25, 0.3) is 11.0 Å². The third-order valence-electron chi connectivity index (χ3n) is 24.8. The van der Waals surface area contributed by atoms with E-state index in [-0.39, 0.29) is 0 Å². The van der Waals surface area contributed by atoms with Gasteiger partial charge in [0.2, 0.25) is 0 Å². The van der Waals surface area contributed by atoms with Gasteiger partial charge in [-0.15, -0.1) is 0 Å². The van der Waals surface area contributed by atoms with Crippen LogP contribution in [0.2, 0.25) is 0 Å². The van der Waals surface area contributed by atoms with Gasteiger partial charge in [0.15, 0.2) is 11.6 Å². The van der Waals surface area contributed by atoms with Crippen molar-refractivity contribution in [3.05, 3.63) is 535 Å². The largest absolute Gasteiger partial charge is 0.307 e. The highest BCUT2D eigenvalue weighted by molar-refractivity contribution is 9.11. The van der Waals surface area contributed by atoms with E-state index >= 15 is 0 Å². The van der Waals surface area contributed by atoms with Gasteiger partial charge in [-0.25, -0.2) is 9.97 Å². The van der Waals surface area contributed by atoms with Crippen LogP contribution in [0.4, 0.5) is 68.5 Å². The van der Waals surface area contributed by atoms with E-state index < -0.39 is 21.7 Å². The molecule has 4 aliphatic heterocycles. The van der Waals surface area contributed by atoms with Gasteiger partial charge in [-0.05, 0) is 169 Å². The topological polar surface area (TPSA) is 38.7 Å². The van der Waals surface area contributed by atoms with Gasteiger partial charge in [-0.1, -0.05) is 388 Å². The van der Waals surface area contributed by atoms with E-state index in [2.05, 4.69) is 456 Å². The number of pyridine rings is 2. The van der Waals surface area contributed by atoms with Gasteiger partial charge in [0.05, 0.1) is 87.5 Å². The average molecular weight is 1610 g/mol. The van der Waals surface area contributed by atoms with Crippen LogP contribution in [-0.4, -0.2) is 9.97 Å². The molecule has 2 aromatic heterocycles. The van der Waals surface area contributed by atoms with Crippen molar-refractivity contribution in [1.29, 1.82) is 0 Å². The lowest BCUT2D eigenvalue weighted by atomic mass is 9.62. The average Bonchev–Trinajstić information content (AvgIpc) is 0.627. The molecule has 0 atom stereocenters. The van der Waals surface area contributed by atoms with Gasteiger partial charge in [-0.2, -0.15) is 0 Å². The van der Waals surface area contributed by atoms with Crippen LogP contribution in [0.1, 0.15) is 89.0 Å². The van der Waals surface area contributed by atoms with Crippen LogP contribution in [-0.2, 0) is 21.7 Å². The Hall–Kier alpha value is -13.8. The molecule has 0 saturated carbocycles. The Bertz CT molecular complexity index is 6060. The van der Waals surface area contributed by atoms with Crippen molar-refractivity contribution in [1.82, 2.24) is 9.97 Å². The lowest BCUT2D eigenvalue weighted by Gasteiger charge is -2.48. The maximum Gasteiger partial charge on any atom is 0.155 e. The molecule has 6 heterocycles. The van der Waals surface area contributed by atoms with E-state index in [9.17, 15) is 0 Å². The van der Waals surface area contributed by atoms with Crippen molar-refractivity contribution >= 4 is 111 Å². The molecule has 116 heavy (non-hydrogen) atoms. The first-order valence-corrected chi connectivity index (χ1v) is 41.2. The summed E-state index contributed by atoms with van der Waals surface area (Å²) in [7, 11) is 0. The molecule has 0 spiro atoms. The summed E-state index contributed by atoms with van der Waals surface area (Å²) < 4.78 is 1.45. The van der Waals surface area contributed by atoms with Crippen molar-refractivity contribution in [3.63, 3.8) is 0 Å². The Labute approximate surface area is 692 Å². The van der Waals surface area contributed by atoms with Gasteiger partial charge < -0.3 is 9.80 Å². The van der Waals surface area contributed by atoms with E-state index in [0.29, 0.717) is 22.7 Å². The predicted octanol–water partition coefficient (Wildman–Crippen LogP) is 27.8. The third kappa shape index (κ3) is 9.75. The molecular formula is C108H72Br2N6. The van der Waals surface area contributed by atoms with Crippen LogP contribution < -0.4 is 19.6 Å². The Morgan fingerprint density at radius 3 is 0.466 bits per heavy atom. The summed E-state index contributed by atoms with van der Waals surface area (Å²) in [5.74, 6) is 1.32. The van der Waals surface area contributed by atoms with Crippen molar-refractivity contribution in [2.75, 3.05) is 19.6 Å². The molecule has 0 radical (unpaired) electrons. The number of nitrogens with zero attached hydrogens (tertiary/aromatic N) is 6. The molecule has 8 heteroatoms. The molecular weight excluding hydrogens is 1540 g/mol. The quantitative estimate of drug-likeness (QED) is 0.121. The molecule has 0 amide bonds. The number of aromatic nitrogens is 2. The van der Waals surface area contributed by atoms with Gasteiger partial charge in [0.1, 0.15) is 11.0 Å². The second kappa shape index (κ2) is 27.5. The summed E-state index contributed by atoms with van der Waals surface area (Å²) in [5.41, 5.74) is 25.4. The fourth-order valence-electron chi connectivity index (χ4n) is 20.5. The molecule has 0 bridgehead atoms. The molecule has 18 aromatic rings. The van der Waals surface area contributed by atoms with E-state index in [0.717, 1.165) is 155 Å². The second-order valence-electron chi connectivity index (χ2n) is 30.3. The number of para-hydroxylation sites is 8. The Morgan fingerprint density at radius 2 is 0.302 bits per heavy atom. The summed E-state index contributed by atoms with van der Waals surface area (Å²) in [5, 5.41) is 0. The summed E-state index contributed by atoms with van der Waals surface area (Å²) in [6.07, 6.45) is 0. The van der Waals surface area contributed by atoms with Gasteiger partial charge in [0.25, 0.3) is 0 Å². The molecule has 16 aromatic carbocycles. The van der Waals surface area contributed by atoms with E-state index in [4.69, 9.17) is 41.8 Å². The normalized spacial score (nSPS) is 14.7. The number of fused-ring (bicyclic) bond motifs is 9. The summed E-state index contributed by atoms with van der Waals surface area (Å²) in [6, 6.07) is 161. The van der Waals surface area contributed by atoms with Crippen LogP contribution in [0.15, 0.2) is 446 Å². The first-order valence-electron chi connectivity index (χ1n) is 39.6. The van der Waals surface area contributed by atoms with E-state index in [1.807, 2.05) is 0 Å². The first kappa shape index (κ1) is 69.0. The second-order valence-corrected chi connectivity index (χ2v) is 31.9. The minimum Gasteiger partial charge on any atom is -0.307 e. The Kier molecular flexibility index (Phi) is 16.4. The van der Waals surface area contributed by atoms with Crippen LogP contribution in [0.3, 0.4) is 0 Å². The lowest BCUT2D eigenvalue weighted by molar-refractivity contribution is 0.728. The highest BCUT2D eigenvalue weighted by atomic mass is 79.9. The molecule has 22 rings (SSSR count). The highest BCUT2D eigenvalue weighted by Crippen LogP contribution is 2.67. The minimum absolute atomic E-state index is 0.641. The fraction of sp³-hybridized carbons (Fsp3) is 0.0370. The summed E-state index contributed by atoms with van der Waals surface area (Å²) in [6.45, 7) is 0. The van der Waals surface area contributed by atoms with Crippen molar-refractivity contribution in [2.45, 2.75) is 21.7 Å². The van der Waals surface area contributed by atoms with E-state index in [1.54, 1.807) is 0 Å². The van der Waals surface area contributed by atoms with Crippen molar-refractivity contribution < 1.29 is 0 Å². The molecule has 548 valence electrons. The number of hydrogen-bond acceptors (Lipinski definition) is 6. The van der Waals surface area contributed by atoms with Gasteiger partial charge in [-0.3, -0.25) is 9.80 Å². The third-order valence-corrected chi connectivity index (χ3v) is 26.3. The van der Waals surface area contributed by atoms with Crippen molar-refractivity contribution in [3.8, 4) is 0 Å². The molecule has 0 N–H and O–H groups in total. The van der Waals surface area contributed by atoms with Crippen molar-refractivity contribution in [2.24, 2.45) is 0 Å². The van der Waals surface area contributed by atoms with E-state index in [1.165, 1.54) is 0 Å². The predicted molar refractivity (Wildman–Crippen MR) is 481 cm³/mol. The molecule has 6 nitrogen and oxygen atoms in total. The smallest absolute Gasteiger partial charge is 0.155 e. The van der Waals surface area contributed by atoms with Gasteiger partial charge in [0, 0.05) is 0 Å². The minimum atomic E-state index is -0.823. The number of rotatable bonds is 12. The van der Waals surface area contributed by atoms with Crippen LogP contribution >= 0.6 is 31.9 Å². The lowest BCUT2D eigenvalue weighted by Crippen LogP contribution is -2.39. The summed E-state index contributed by atoms with van der Waals surface area (Å²) in [4.78, 5) is 23.1. The maximum atomic E-state index is 6.59. The zero-order valence-corrected chi connectivity index (χ0v) is 66.2. The molecule has 4 aliphatic rings. The zero-order valence-electron chi connectivity index (χ0n) is 63.0. The van der Waals surface area contributed by atoms with Gasteiger partial charge >= 0.3 is 0 Å². The fourth-order valence-corrected chi connectivity index (χ4v) is 21.7. The molecule has 0 unspecified atom stereocenters. The number of benzene rings is 16. The summed E-state index contributed by atoms with van der Waals surface area (Å²) >= 11 is 9.58. The van der Waals surface area contributed by atoms with Crippen LogP contribution in [0.5, 0.6) is 0 Å². The number of hydrogen-bond donors (Lipinski definition) is 0. The monoisotopic (exact) mass is 1610 g/mol. The maximum absolute atomic E-state index is 6.59. The standard InChI is InChI=1S/C108H72Br2N6/c109-97-101(113-89-65-33-25-57-81(89)105(73-41-9-1-10-42-73,74-43-11-2-12-44-74)82-58-26-34-66-90(82)113)99-100(112-103(97)115-93-69-37-29-61-85(93)107(77-49-17-5-18-50-77,78-51-19-6-20-52-78)86-62-30-38-70-94(86)115)102(114-91-67-35-27-59-83(91)106(75-45-13-3-14-46-75,76-47-15-4-16-48-76)84-60-28-36-68-92(84)114)98(110)104(111-99)116-95-71-39-31-63-87(95)108(79-53-21-7-22-54-79,80-55-23-8-24-56-80)88-64-32-40-72-96(88)116/h1-72H. The molecule has 0 fully saturated rings. The Balaban J connectivity index is 0.935. The highest BCUT2D eigenvalue weighted by Gasteiger charge is 2.54. The number of anilines is 12. The first-order chi connectivity index (χ1) is 57.5. The zero-order chi connectivity index (χ0) is 77.1. The molecule has 0 saturated heterocycles.